The fraction of sp³-hybridized carbons (Fsp3) is 0.895. The molecule has 1 aliphatic rings. The van der Waals surface area contributed by atoms with Crippen LogP contribution in [0.5, 0.6) is 0 Å². The van der Waals surface area contributed by atoms with Crippen molar-refractivity contribution in [3.05, 3.63) is 0 Å². The minimum Gasteiger partial charge on any atom is -0.130 e. The monoisotopic (exact) mass is 292 g/mol. The highest BCUT2D eigenvalue weighted by molar-refractivity contribution is 6.90. The smallest absolute Gasteiger partial charge is 0.130 e. The van der Waals surface area contributed by atoms with Crippen LogP contribution in [0.2, 0.25) is 16.6 Å². The van der Waals surface area contributed by atoms with Gasteiger partial charge >= 0.3 is 0 Å². The largest absolute Gasteiger partial charge is 0.145 e. The summed E-state index contributed by atoms with van der Waals surface area (Å²) < 4.78 is 0. The molecule has 116 valence electrons. The van der Waals surface area contributed by atoms with Crippen molar-refractivity contribution in [3.8, 4) is 11.5 Å². The van der Waals surface area contributed by atoms with Gasteiger partial charge in [-0.2, -0.15) is 0 Å². The fourth-order valence-corrected chi connectivity index (χ4v) is 9.58. The van der Waals surface area contributed by atoms with E-state index in [2.05, 4.69) is 53.0 Å². The average molecular weight is 293 g/mol. The van der Waals surface area contributed by atoms with E-state index in [1.807, 2.05) is 0 Å². The fourth-order valence-electron chi connectivity index (χ4n) is 4.26. The van der Waals surface area contributed by atoms with Crippen molar-refractivity contribution in [1.29, 1.82) is 0 Å². The molecular weight excluding hydrogens is 256 g/mol. The lowest BCUT2D eigenvalue weighted by molar-refractivity contribution is 0.444. The predicted octanol–water partition coefficient (Wildman–Crippen LogP) is 6.57. The third-order valence-electron chi connectivity index (χ3n) is 5.46. The Bertz CT molecular complexity index is 300. The van der Waals surface area contributed by atoms with Crippen LogP contribution in [0, 0.1) is 17.4 Å². The molecule has 0 N–H and O–H groups in total. The van der Waals surface area contributed by atoms with Gasteiger partial charge in [0, 0.05) is 5.92 Å². The molecule has 0 atom stereocenters. The van der Waals surface area contributed by atoms with Crippen LogP contribution < -0.4 is 0 Å². The molecule has 0 unspecified atom stereocenters. The van der Waals surface area contributed by atoms with Gasteiger partial charge in [-0.3, -0.25) is 0 Å². The van der Waals surface area contributed by atoms with Crippen LogP contribution in [0.3, 0.4) is 0 Å². The van der Waals surface area contributed by atoms with E-state index in [1.54, 1.807) is 0 Å². The quantitative estimate of drug-likeness (QED) is 0.408. The molecule has 0 aliphatic heterocycles. The van der Waals surface area contributed by atoms with Gasteiger partial charge in [-0.15, -0.1) is 11.5 Å². The van der Waals surface area contributed by atoms with Crippen LogP contribution in [-0.2, 0) is 0 Å². The number of hydrogen-bond acceptors (Lipinski definition) is 0. The van der Waals surface area contributed by atoms with Gasteiger partial charge < -0.3 is 0 Å². The molecular formula is C19H36Si. The zero-order chi connectivity index (χ0) is 15.2. The summed E-state index contributed by atoms with van der Waals surface area (Å²) in [5.41, 5.74) is 6.24. The van der Waals surface area contributed by atoms with E-state index in [4.69, 9.17) is 0 Å². The SMILES string of the molecule is CC(C)[Si](C#CC1CCCCCCC1)(C(C)C)C(C)C. The molecule has 0 bridgehead atoms. The lowest BCUT2D eigenvalue weighted by atomic mass is 9.92. The van der Waals surface area contributed by atoms with Gasteiger partial charge in [0.1, 0.15) is 8.07 Å². The first kappa shape index (κ1) is 17.8. The van der Waals surface area contributed by atoms with Gasteiger partial charge in [0.15, 0.2) is 0 Å². The summed E-state index contributed by atoms with van der Waals surface area (Å²) in [7, 11) is -1.50. The van der Waals surface area contributed by atoms with E-state index in [0.717, 1.165) is 16.6 Å². The molecule has 0 nitrogen and oxygen atoms in total. The molecule has 20 heavy (non-hydrogen) atoms. The zero-order valence-corrected chi connectivity index (χ0v) is 15.8. The van der Waals surface area contributed by atoms with Gasteiger partial charge in [-0.05, 0) is 29.5 Å². The van der Waals surface area contributed by atoms with Crippen LogP contribution in [0.15, 0.2) is 0 Å². The second-order valence-electron chi connectivity index (χ2n) is 7.71. The summed E-state index contributed by atoms with van der Waals surface area (Å²) in [5, 5.41) is 0. The highest BCUT2D eigenvalue weighted by Crippen LogP contribution is 2.41. The molecule has 0 saturated heterocycles. The minimum atomic E-state index is -1.50. The second-order valence-corrected chi connectivity index (χ2v) is 13.3. The molecule has 1 heteroatoms. The molecule has 0 heterocycles. The number of rotatable bonds is 3. The first-order valence-electron chi connectivity index (χ1n) is 8.94. The lowest BCUT2D eigenvalue weighted by Gasteiger charge is -2.38. The summed E-state index contributed by atoms with van der Waals surface area (Å²) >= 11 is 0. The van der Waals surface area contributed by atoms with Crippen molar-refractivity contribution in [2.75, 3.05) is 0 Å². The Morgan fingerprint density at radius 2 is 1.10 bits per heavy atom. The maximum atomic E-state index is 3.94. The van der Waals surface area contributed by atoms with Gasteiger partial charge in [0.25, 0.3) is 0 Å². The summed E-state index contributed by atoms with van der Waals surface area (Å²) in [6.45, 7) is 14.5. The molecule has 0 spiro atoms. The maximum absolute atomic E-state index is 3.94. The Balaban J connectivity index is 2.91. The van der Waals surface area contributed by atoms with Crippen molar-refractivity contribution >= 4 is 8.07 Å². The van der Waals surface area contributed by atoms with E-state index in [9.17, 15) is 0 Å². The van der Waals surface area contributed by atoms with Gasteiger partial charge in [0.05, 0.1) is 0 Å². The van der Waals surface area contributed by atoms with Crippen molar-refractivity contribution in [3.63, 3.8) is 0 Å². The van der Waals surface area contributed by atoms with Gasteiger partial charge in [-0.25, -0.2) is 0 Å². The van der Waals surface area contributed by atoms with Gasteiger partial charge in [0.2, 0.25) is 0 Å². The van der Waals surface area contributed by atoms with Crippen LogP contribution in [0.4, 0.5) is 0 Å². The summed E-state index contributed by atoms with van der Waals surface area (Å²) in [6.07, 6.45) is 9.82. The van der Waals surface area contributed by atoms with Crippen LogP contribution in [0.1, 0.15) is 86.5 Å². The summed E-state index contributed by atoms with van der Waals surface area (Å²) in [4.78, 5) is 0. The van der Waals surface area contributed by atoms with E-state index >= 15 is 0 Å². The topological polar surface area (TPSA) is 0 Å². The van der Waals surface area contributed by atoms with E-state index in [-0.39, 0.29) is 0 Å². The van der Waals surface area contributed by atoms with Crippen LogP contribution >= 0.6 is 0 Å². The van der Waals surface area contributed by atoms with E-state index in [1.165, 1.54) is 44.9 Å². The zero-order valence-electron chi connectivity index (χ0n) is 14.8. The molecule has 0 radical (unpaired) electrons. The minimum absolute atomic E-state index is 0.693. The highest BCUT2D eigenvalue weighted by Gasteiger charge is 2.41. The third kappa shape index (κ3) is 4.39. The Labute approximate surface area is 129 Å². The predicted molar refractivity (Wildman–Crippen MR) is 94.6 cm³/mol. The van der Waals surface area contributed by atoms with Crippen molar-refractivity contribution in [1.82, 2.24) is 0 Å². The molecule has 1 aliphatic carbocycles. The lowest BCUT2D eigenvalue weighted by Crippen LogP contribution is -2.43. The summed E-state index contributed by atoms with van der Waals surface area (Å²) in [5.74, 6) is 4.48. The summed E-state index contributed by atoms with van der Waals surface area (Å²) in [6, 6.07) is 0. The third-order valence-corrected chi connectivity index (χ3v) is 11.8. The van der Waals surface area contributed by atoms with Crippen LogP contribution in [0.25, 0.3) is 0 Å². The molecule has 1 rings (SSSR count). The van der Waals surface area contributed by atoms with Crippen LogP contribution in [-0.4, -0.2) is 8.07 Å². The molecule has 0 amide bonds. The second kappa shape index (κ2) is 8.28. The van der Waals surface area contributed by atoms with Crippen molar-refractivity contribution in [2.24, 2.45) is 5.92 Å². The Morgan fingerprint density at radius 1 is 0.700 bits per heavy atom. The molecule has 0 aromatic rings. The first-order valence-corrected chi connectivity index (χ1v) is 11.2. The standard InChI is InChI=1S/C19H36Si/c1-16(2)20(17(3)4,18(5)6)15-14-19-12-10-8-7-9-11-13-19/h16-19H,7-13H2,1-6H3. The number of hydrogen-bond donors (Lipinski definition) is 0. The molecule has 1 saturated carbocycles. The first-order chi connectivity index (χ1) is 9.41. The average Bonchev–Trinajstić information content (AvgIpc) is 2.30. The van der Waals surface area contributed by atoms with Crippen molar-refractivity contribution in [2.45, 2.75) is 103 Å². The van der Waals surface area contributed by atoms with Crippen molar-refractivity contribution < 1.29 is 0 Å². The Morgan fingerprint density at radius 3 is 1.50 bits per heavy atom. The van der Waals surface area contributed by atoms with E-state index in [0.29, 0.717) is 5.92 Å². The Kier molecular flexibility index (Phi) is 7.38. The molecule has 1 fully saturated rings. The molecule has 0 aromatic heterocycles. The normalized spacial score (nSPS) is 18.9. The maximum Gasteiger partial charge on any atom is 0.145 e. The van der Waals surface area contributed by atoms with Gasteiger partial charge in [-0.1, -0.05) is 73.6 Å². The highest BCUT2D eigenvalue weighted by atomic mass is 28.3. The molecule has 0 aromatic carbocycles. The Hall–Kier alpha value is -0.223. The van der Waals surface area contributed by atoms with E-state index < -0.39 is 8.07 Å².